The first-order chi connectivity index (χ1) is 12.5. The number of benzene rings is 1. The maximum absolute atomic E-state index is 12.3. The second kappa shape index (κ2) is 9.20. The van der Waals surface area contributed by atoms with E-state index in [2.05, 4.69) is 16.7 Å². The predicted octanol–water partition coefficient (Wildman–Crippen LogP) is 1.91. The van der Waals surface area contributed by atoms with E-state index < -0.39 is 5.54 Å². The Kier molecular flexibility index (Phi) is 6.98. The van der Waals surface area contributed by atoms with E-state index in [1.54, 1.807) is 43.3 Å². The monoisotopic (exact) mass is 358 g/mol. The molecule has 0 spiro atoms. The van der Waals surface area contributed by atoms with Gasteiger partial charge in [-0.3, -0.25) is 14.5 Å². The third kappa shape index (κ3) is 5.74. The molecule has 1 aliphatic rings. The molecule has 2 amide bonds. The smallest absolute Gasteiger partial charge is 0.238 e. The SMILES string of the molecule is COc1cccc(NC(=O)CN(C)CC(=O)NC2(C#N)CCCCC2)c1. The van der Waals surface area contributed by atoms with E-state index in [0.717, 1.165) is 19.3 Å². The average Bonchev–Trinajstić information content (AvgIpc) is 2.62. The molecule has 0 heterocycles. The molecule has 7 nitrogen and oxygen atoms in total. The van der Waals surface area contributed by atoms with Gasteiger partial charge in [0.2, 0.25) is 11.8 Å². The molecule has 0 unspecified atom stereocenters. The molecular formula is C19H26N4O3. The molecule has 7 heteroatoms. The van der Waals surface area contributed by atoms with Crippen molar-refractivity contribution in [3.8, 4) is 11.8 Å². The van der Waals surface area contributed by atoms with Crippen LogP contribution in [0.15, 0.2) is 24.3 Å². The lowest BCUT2D eigenvalue weighted by Gasteiger charge is -2.32. The van der Waals surface area contributed by atoms with Crippen molar-refractivity contribution in [1.29, 1.82) is 5.26 Å². The Balaban J connectivity index is 1.81. The van der Waals surface area contributed by atoms with E-state index in [1.165, 1.54) is 0 Å². The second-order valence-electron chi connectivity index (χ2n) is 6.76. The third-order valence-corrected chi connectivity index (χ3v) is 4.48. The summed E-state index contributed by atoms with van der Waals surface area (Å²) in [5.74, 6) is 0.205. The minimum atomic E-state index is -0.751. The van der Waals surface area contributed by atoms with Gasteiger partial charge in [0.25, 0.3) is 0 Å². The summed E-state index contributed by atoms with van der Waals surface area (Å²) in [7, 11) is 3.26. The first-order valence-corrected chi connectivity index (χ1v) is 8.81. The molecule has 2 rings (SSSR count). The molecule has 0 aromatic heterocycles. The van der Waals surface area contributed by atoms with Crippen LogP contribution in [0.4, 0.5) is 5.69 Å². The topological polar surface area (TPSA) is 94.5 Å². The lowest BCUT2D eigenvalue weighted by molar-refractivity contribution is -0.124. The number of likely N-dealkylation sites (N-methyl/N-ethyl adjacent to an activating group) is 1. The summed E-state index contributed by atoms with van der Waals surface area (Å²) in [4.78, 5) is 26.0. The zero-order valence-corrected chi connectivity index (χ0v) is 15.4. The predicted molar refractivity (Wildman–Crippen MR) is 98.7 cm³/mol. The van der Waals surface area contributed by atoms with Gasteiger partial charge in [0, 0.05) is 11.8 Å². The van der Waals surface area contributed by atoms with Crippen LogP contribution in [0.2, 0.25) is 0 Å². The molecule has 1 aliphatic carbocycles. The van der Waals surface area contributed by atoms with Gasteiger partial charge in [0.15, 0.2) is 0 Å². The number of anilines is 1. The van der Waals surface area contributed by atoms with Gasteiger partial charge in [0.05, 0.1) is 26.3 Å². The van der Waals surface area contributed by atoms with Crippen LogP contribution in [0, 0.1) is 11.3 Å². The van der Waals surface area contributed by atoms with Crippen molar-refractivity contribution >= 4 is 17.5 Å². The fraction of sp³-hybridized carbons (Fsp3) is 0.526. The highest BCUT2D eigenvalue weighted by Gasteiger charge is 2.33. The minimum absolute atomic E-state index is 0.0644. The minimum Gasteiger partial charge on any atom is -0.497 e. The van der Waals surface area contributed by atoms with Crippen molar-refractivity contribution in [2.24, 2.45) is 0 Å². The standard InChI is InChI=1S/C19H26N4O3/c1-23(12-17(24)21-15-7-6-8-16(11-15)26-2)13-18(25)22-19(14-20)9-4-3-5-10-19/h6-8,11H,3-5,9-10,12-13H2,1-2H3,(H,21,24)(H,22,25). The summed E-state index contributed by atoms with van der Waals surface area (Å²) >= 11 is 0. The molecule has 1 fully saturated rings. The third-order valence-electron chi connectivity index (χ3n) is 4.48. The fourth-order valence-electron chi connectivity index (χ4n) is 3.17. The molecular weight excluding hydrogens is 332 g/mol. The number of rotatable bonds is 7. The molecule has 0 radical (unpaired) electrons. The largest absolute Gasteiger partial charge is 0.497 e. The van der Waals surface area contributed by atoms with E-state index >= 15 is 0 Å². The van der Waals surface area contributed by atoms with Crippen LogP contribution in [0.3, 0.4) is 0 Å². The van der Waals surface area contributed by atoms with Crippen molar-refractivity contribution in [2.75, 3.05) is 32.6 Å². The van der Waals surface area contributed by atoms with Gasteiger partial charge in [-0.25, -0.2) is 0 Å². The van der Waals surface area contributed by atoms with Crippen molar-refractivity contribution in [3.63, 3.8) is 0 Å². The van der Waals surface area contributed by atoms with E-state index in [4.69, 9.17) is 4.74 Å². The van der Waals surface area contributed by atoms with Crippen LogP contribution >= 0.6 is 0 Å². The number of carbonyl (C=O) groups is 2. The van der Waals surface area contributed by atoms with Gasteiger partial charge < -0.3 is 15.4 Å². The Morgan fingerprint density at radius 1 is 1.23 bits per heavy atom. The summed E-state index contributed by atoms with van der Waals surface area (Å²) in [5.41, 5.74) is -0.114. The first-order valence-electron chi connectivity index (χ1n) is 8.81. The molecule has 1 saturated carbocycles. The number of hydrogen-bond acceptors (Lipinski definition) is 5. The lowest BCUT2D eigenvalue weighted by Crippen LogP contribution is -2.51. The number of nitriles is 1. The van der Waals surface area contributed by atoms with Gasteiger partial charge in [0.1, 0.15) is 11.3 Å². The van der Waals surface area contributed by atoms with Crippen LogP contribution in [0.1, 0.15) is 32.1 Å². The van der Waals surface area contributed by atoms with Gasteiger partial charge in [-0.1, -0.05) is 25.3 Å². The van der Waals surface area contributed by atoms with E-state index in [-0.39, 0.29) is 24.9 Å². The summed E-state index contributed by atoms with van der Waals surface area (Å²) in [5, 5.41) is 15.1. The van der Waals surface area contributed by atoms with Crippen molar-refractivity contribution in [2.45, 2.75) is 37.6 Å². The van der Waals surface area contributed by atoms with Crippen LogP contribution in [0.5, 0.6) is 5.75 Å². The Morgan fingerprint density at radius 2 is 1.92 bits per heavy atom. The van der Waals surface area contributed by atoms with E-state index in [0.29, 0.717) is 24.3 Å². The highest BCUT2D eigenvalue weighted by atomic mass is 16.5. The Hall–Kier alpha value is -2.59. The zero-order valence-electron chi connectivity index (χ0n) is 15.4. The molecule has 1 aromatic carbocycles. The van der Waals surface area contributed by atoms with Crippen LogP contribution in [0.25, 0.3) is 0 Å². The van der Waals surface area contributed by atoms with E-state index in [9.17, 15) is 14.9 Å². The van der Waals surface area contributed by atoms with Crippen molar-refractivity contribution in [1.82, 2.24) is 10.2 Å². The number of methoxy groups -OCH3 is 1. The normalized spacial score (nSPS) is 15.8. The maximum Gasteiger partial charge on any atom is 0.238 e. The summed E-state index contributed by atoms with van der Waals surface area (Å²) in [6.45, 7) is 0.138. The molecule has 0 atom stereocenters. The van der Waals surface area contributed by atoms with E-state index in [1.807, 2.05) is 0 Å². The highest BCUT2D eigenvalue weighted by molar-refractivity contribution is 5.92. The summed E-state index contributed by atoms with van der Waals surface area (Å²) in [6.07, 6.45) is 4.38. The van der Waals surface area contributed by atoms with Crippen LogP contribution in [-0.4, -0.2) is 49.5 Å². The number of hydrogen-bond donors (Lipinski definition) is 2. The molecule has 0 aliphatic heterocycles. The summed E-state index contributed by atoms with van der Waals surface area (Å²) < 4.78 is 5.12. The molecule has 26 heavy (non-hydrogen) atoms. The lowest BCUT2D eigenvalue weighted by atomic mass is 9.83. The van der Waals surface area contributed by atoms with Gasteiger partial charge in [-0.2, -0.15) is 5.26 Å². The molecule has 1 aromatic rings. The quantitative estimate of drug-likeness (QED) is 0.776. The van der Waals surface area contributed by atoms with Crippen LogP contribution < -0.4 is 15.4 Å². The summed E-state index contributed by atoms with van der Waals surface area (Å²) in [6, 6.07) is 9.34. The Labute approximate surface area is 154 Å². The zero-order chi connectivity index (χ0) is 19.0. The second-order valence-corrected chi connectivity index (χ2v) is 6.76. The first kappa shape index (κ1) is 19.7. The Bertz CT molecular complexity index is 678. The molecule has 2 N–H and O–H groups in total. The Morgan fingerprint density at radius 3 is 2.58 bits per heavy atom. The number of nitrogens with one attached hydrogen (secondary N) is 2. The number of nitrogens with zero attached hydrogens (tertiary/aromatic N) is 2. The number of amides is 2. The maximum atomic E-state index is 12.3. The average molecular weight is 358 g/mol. The number of carbonyl (C=O) groups excluding carboxylic acids is 2. The molecule has 0 bridgehead atoms. The van der Waals surface area contributed by atoms with Crippen molar-refractivity contribution in [3.05, 3.63) is 24.3 Å². The van der Waals surface area contributed by atoms with Gasteiger partial charge in [-0.15, -0.1) is 0 Å². The molecule has 140 valence electrons. The fourth-order valence-corrected chi connectivity index (χ4v) is 3.17. The van der Waals surface area contributed by atoms with Crippen molar-refractivity contribution < 1.29 is 14.3 Å². The number of ether oxygens (including phenoxy) is 1. The molecule has 0 saturated heterocycles. The highest BCUT2D eigenvalue weighted by Crippen LogP contribution is 2.27. The van der Waals surface area contributed by atoms with Gasteiger partial charge >= 0.3 is 0 Å². The van der Waals surface area contributed by atoms with Gasteiger partial charge in [-0.05, 0) is 32.0 Å². The van der Waals surface area contributed by atoms with Crippen LogP contribution in [-0.2, 0) is 9.59 Å².